The fourth-order valence-electron chi connectivity index (χ4n) is 1.27. The summed E-state index contributed by atoms with van der Waals surface area (Å²) in [5.74, 6) is -0.556. The lowest BCUT2D eigenvalue weighted by Gasteiger charge is -2.15. The first kappa shape index (κ1) is 13.5. The minimum atomic E-state index is -1.24. The Morgan fingerprint density at radius 2 is 2.12 bits per heavy atom. The van der Waals surface area contributed by atoms with E-state index in [1.54, 1.807) is 26.0 Å². The summed E-state index contributed by atoms with van der Waals surface area (Å²) < 4.78 is 4.67. The van der Waals surface area contributed by atoms with Crippen molar-refractivity contribution < 1.29 is 19.7 Å². The van der Waals surface area contributed by atoms with Crippen molar-refractivity contribution in [3.8, 4) is 0 Å². The molecule has 2 N–H and O–H groups in total. The van der Waals surface area contributed by atoms with Gasteiger partial charge in [-0.25, -0.2) is 0 Å². The van der Waals surface area contributed by atoms with E-state index in [1.165, 1.54) is 0 Å². The molecule has 0 bridgehead atoms. The molecule has 1 heterocycles. The number of hydrogen-bond donors (Lipinski definition) is 2. The number of rotatable bonds is 5. The zero-order valence-electron chi connectivity index (χ0n) is 9.83. The van der Waals surface area contributed by atoms with Crippen LogP contribution in [0.15, 0.2) is 12.1 Å². The minimum absolute atomic E-state index is 0.229. The smallest absolute Gasteiger partial charge is 0.308 e. The van der Waals surface area contributed by atoms with E-state index in [2.05, 4.69) is 14.9 Å². The summed E-state index contributed by atoms with van der Waals surface area (Å²) in [6.07, 6.45) is -2.76. The maximum absolute atomic E-state index is 11.1. The van der Waals surface area contributed by atoms with Gasteiger partial charge in [0.25, 0.3) is 0 Å². The minimum Gasteiger partial charge on any atom is -0.466 e. The molecule has 17 heavy (non-hydrogen) atoms. The van der Waals surface area contributed by atoms with Gasteiger partial charge >= 0.3 is 5.97 Å². The molecule has 1 aromatic heterocycles. The predicted octanol–water partition coefficient (Wildman–Crippen LogP) is 0.133. The Bertz CT molecular complexity index is 366. The lowest BCUT2D eigenvalue weighted by Crippen LogP contribution is -2.24. The standard InChI is InChI=1S/C11H16N2O4/c1-3-17-10(15)6-9(14)11(16)8-5-4-7(2)12-13-8/h4-5,9,11,14,16H,3,6H2,1-2H3. The third-order valence-electron chi connectivity index (χ3n) is 2.17. The zero-order valence-corrected chi connectivity index (χ0v) is 9.83. The number of ether oxygens (including phenoxy) is 1. The summed E-state index contributed by atoms with van der Waals surface area (Å²) >= 11 is 0. The second kappa shape index (κ2) is 6.27. The van der Waals surface area contributed by atoms with E-state index in [0.29, 0.717) is 5.69 Å². The lowest BCUT2D eigenvalue weighted by molar-refractivity contribution is -0.147. The van der Waals surface area contributed by atoms with E-state index in [4.69, 9.17) is 0 Å². The molecule has 2 unspecified atom stereocenters. The molecule has 0 spiro atoms. The lowest BCUT2D eigenvalue weighted by atomic mass is 10.1. The van der Waals surface area contributed by atoms with Crippen molar-refractivity contribution in [1.82, 2.24) is 10.2 Å². The first-order valence-electron chi connectivity index (χ1n) is 5.36. The Hall–Kier alpha value is -1.53. The van der Waals surface area contributed by atoms with Crippen molar-refractivity contribution in [3.63, 3.8) is 0 Å². The van der Waals surface area contributed by atoms with E-state index in [0.717, 1.165) is 0 Å². The van der Waals surface area contributed by atoms with Gasteiger partial charge in [-0.05, 0) is 26.0 Å². The highest BCUT2D eigenvalue weighted by atomic mass is 16.5. The van der Waals surface area contributed by atoms with Gasteiger partial charge in [0.15, 0.2) is 0 Å². The monoisotopic (exact) mass is 240 g/mol. The molecular weight excluding hydrogens is 224 g/mol. The molecule has 0 aliphatic carbocycles. The second-order valence-electron chi connectivity index (χ2n) is 3.62. The summed E-state index contributed by atoms with van der Waals surface area (Å²) in [5.41, 5.74) is 0.938. The van der Waals surface area contributed by atoms with Gasteiger partial charge in [0, 0.05) is 0 Å². The molecular formula is C11H16N2O4. The molecule has 6 nitrogen and oxygen atoms in total. The maximum Gasteiger partial charge on any atom is 0.308 e. The number of aromatic nitrogens is 2. The fourth-order valence-corrected chi connectivity index (χ4v) is 1.27. The molecule has 0 saturated heterocycles. The molecule has 0 aliphatic heterocycles. The Morgan fingerprint density at radius 1 is 1.41 bits per heavy atom. The molecule has 0 fully saturated rings. The van der Waals surface area contributed by atoms with Crippen LogP contribution in [0.5, 0.6) is 0 Å². The topological polar surface area (TPSA) is 92.5 Å². The molecule has 2 atom stereocenters. The summed E-state index contributed by atoms with van der Waals surface area (Å²) in [5, 5.41) is 26.9. The van der Waals surface area contributed by atoms with Crippen LogP contribution in [0.2, 0.25) is 0 Å². The van der Waals surface area contributed by atoms with Gasteiger partial charge in [0.2, 0.25) is 0 Å². The molecule has 0 aliphatic rings. The van der Waals surface area contributed by atoms with Crippen LogP contribution in [-0.4, -0.2) is 39.1 Å². The molecule has 0 saturated carbocycles. The zero-order chi connectivity index (χ0) is 12.8. The number of nitrogens with zero attached hydrogens (tertiary/aromatic N) is 2. The van der Waals surface area contributed by atoms with Crippen LogP contribution in [0, 0.1) is 6.92 Å². The van der Waals surface area contributed by atoms with Gasteiger partial charge in [-0.2, -0.15) is 10.2 Å². The molecule has 0 aromatic carbocycles. The number of hydrogen-bond acceptors (Lipinski definition) is 6. The number of aliphatic hydroxyl groups excluding tert-OH is 2. The van der Waals surface area contributed by atoms with Crippen molar-refractivity contribution in [2.75, 3.05) is 6.61 Å². The summed E-state index contributed by atoms with van der Waals surface area (Å²) in [4.78, 5) is 11.1. The van der Waals surface area contributed by atoms with Crippen LogP contribution >= 0.6 is 0 Å². The predicted molar refractivity (Wildman–Crippen MR) is 59.0 cm³/mol. The fraction of sp³-hybridized carbons (Fsp3) is 0.545. The number of carbonyl (C=O) groups excluding carboxylic acids is 1. The van der Waals surface area contributed by atoms with Crippen molar-refractivity contribution in [3.05, 3.63) is 23.5 Å². The first-order chi connectivity index (χ1) is 8.04. The van der Waals surface area contributed by atoms with Crippen LogP contribution in [0.25, 0.3) is 0 Å². The Labute approximate surface area is 99.3 Å². The quantitative estimate of drug-likeness (QED) is 0.711. The SMILES string of the molecule is CCOC(=O)CC(O)C(O)c1ccc(C)nn1. The molecule has 6 heteroatoms. The van der Waals surface area contributed by atoms with Crippen molar-refractivity contribution in [2.45, 2.75) is 32.5 Å². The number of aryl methyl sites for hydroxylation is 1. The Morgan fingerprint density at radius 3 is 2.65 bits per heavy atom. The van der Waals surface area contributed by atoms with Crippen LogP contribution in [0.4, 0.5) is 0 Å². The maximum atomic E-state index is 11.1. The van der Waals surface area contributed by atoms with E-state index in [-0.39, 0.29) is 18.7 Å². The number of aliphatic hydroxyl groups is 2. The largest absolute Gasteiger partial charge is 0.466 e. The van der Waals surface area contributed by atoms with Crippen molar-refractivity contribution >= 4 is 5.97 Å². The average Bonchev–Trinajstić information content (AvgIpc) is 2.29. The Balaban J connectivity index is 2.60. The highest BCUT2D eigenvalue weighted by Gasteiger charge is 2.23. The van der Waals surface area contributed by atoms with Gasteiger partial charge in [0.05, 0.1) is 30.5 Å². The van der Waals surface area contributed by atoms with Gasteiger partial charge < -0.3 is 14.9 Å². The molecule has 1 rings (SSSR count). The van der Waals surface area contributed by atoms with Crippen LogP contribution in [0.1, 0.15) is 30.8 Å². The normalized spacial score (nSPS) is 14.1. The van der Waals surface area contributed by atoms with Crippen LogP contribution in [0.3, 0.4) is 0 Å². The molecule has 0 radical (unpaired) electrons. The molecule has 94 valence electrons. The third kappa shape index (κ3) is 4.08. The van der Waals surface area contributed by atoms with E-state index < -0.39 is 18.2 Å². The van der Waals surface area contributed by atoms with Gasteiger partial charge in [-0.3, -0.25) is 4.79 Å². The highest BCUT2D eigenvalue weighted by Crippen LogP contribution is 2.16. The van der Waals surface area contributed by atoms with Gasteiger partial charge in [-0.15, -0.1) is 0 Å². The van der Waals surface area contributed by atoms with Gasteiger partial charge in [0.1, 0.15) is 6.10 Å². The van der Waals surface area contributed by atoms with Crippen molar-refractivity contribution in [1.29, 1.82) is 0 Å². The third-order valence-corrected chi connectivity index (χ3v) is 2.17. The number of esters is 1. The molecule has 0 amide bonds. The summed E-state index contributed by atoms with van der Waals surface area (Å²) in [6, 6.07) is 3.23. The Kier molecular flexibility index (Phi) is 4.99. The highest BCUT2D eigenvalue weighted by molar-refractivity contribution is 5.70. The first-order valence-corrected chi connectivity index (χ1v) is 5.36. The van der Waals surface area contributed by atoms with E-state index >= 15 is 0 Å². The summed E-state index contributed by atoms with van der Waals surface area (Å²) in [7, 11) is 0. The van der Waals surface area contributed by atoms with E-state index in [9.17, 15) is 15.0 Å². The van der Waals surface area contributed by atoms with Crippen LogP contribution in [-0.2, 0) is 9.53 Å². The summed E-state index contributed by atoms with van der Waals surface area (Å²) in [6.45, 7) is 3.68. The number of carbonyl (C=O) groups is 1. The molecule has 1 aromatic rings. The van der Waals surface area contributed by atoms with Crippen LogP contribution < -0.4 is 0 Å². The van der Waals surface area contributed by atoms with E-state index in [1.807, 2.05) is 0 Å². The van der Waals surface area contributed by atoms with Gasteiger partial charge in [-0.1, -0.05) is 0 Å². The average molecular weight is 240 g/mol. The van der Waals surface area contributed by atoms with Crippen molar-refractivity contribution in [2.24, 2.45) is 0 Å². The second-order valence-corrected chi connectivity index (χ2v) is 3.62.